The van der Waals surface area contributed by atoms with Crippen LogP contribution in [0.1, 0.15) is 271 Å². The molecule has 2 rings (SSSR count). The Morgan fingerprint density at radius 2 is 0.726 bits per heavy atom. The predicted octanol–water partition coefficient (Wildman–Crippen LogP) is 11.2. The molecule has 0 aromatic rings. The molecule has 2 heterocycles. The van der Waals surface area contributed by atoms with E-state index in [9.17, 15) is 40.5 Å². The van der Waals surface area contributed by atoms with Gasteiger partial charge in [0.1, 0.15) is 54.9 Å². The molecule has 0 bridgehead atoms. The molecule has 434 valence electrons. The van der Waals surface area contributed by atoms with E-state index in [4.69, 9.17) is 28.4 Å². The first kappa shape index (κ1) is 68.1. The van der Waals surface area contributed by atoms with Crippen molar-refractivity contribution in [1.82, 2.24) is 0 Å². The molecule has 2 fully saturated rings. The smallest absolute Gasteiger partial charge is 0.306 e. The van der Waals surface area contributed by atoms with Crippen LogP contribution in [0.15, 0.2) is 0 Å². The first-order valence-electron chi connectivity index (χ1n) is 30.6. The molecule has 0 aliphatic carbocycles. The second-order valence-electron chi connectivity index (χ2n) is 21.9. The van der Waals surface area contributed by atoms with Crippen LogP contribution in [0.5, 0.6) is 0 Å². The highest BCUT2D eigenvalue weighted by Gasteiger charge is 2.47. The van der Waals surface area contributed by atoms with Gasteiger partial charge in [-0.3, -0.25) is 4.79 Å². The van der Waals surface area contributed by atoms with E-state index in [1.165, 1.54) is 205 Å². The Bertz CT molecular complexity index is 1210. The lowest BCUT2D eigenvalue weighted by molar-refractivity contribution is -0.332. The van der Waals surface area contributed by atoms with E-state index in [1.54, 1.807) is 0 Å². The molecule has 73 heavy (non-hydrogen) atoms. The monoisotopic (exact) mass is 1050 g/mol. The van der Waals surface area contributed by atoms with Crippen LogP contribution >= 0.6 is 0 Å². The average molecular weight is 1050 g/mol. The molecule has 0 radical (unpaired) electrons. The van der Waals surface area contributed by atoms with Crippen LogP contribution < -0.4 is 0 Å². The van der Waals surface area contributed by atoms with Gasteiger partial charge in [-0.1, -0.05) is 251 Å². The minimum absolute atomic E-state index is 0.0711. The average Bonchev–Trinajstić information content (AvgIpc) is 3.39. The van der Waals surface area contributed by atoms with Gasteiger partial charge in [-0.05, 0) is 12.8 Å². The molecule has 0 spiro atoms. The quantitative estimate of drug-likeness (QED) is 0.0223. The summed E-state index contributed by atoms with van der Waals surface area (Å²) in [6.07, 6.45) is 34.5. The second-order valence-corrected chi connectivity index (χ2v) is 21.9. The predicted molar refractivity (Wildman–Crippen MR) is 289 cm³/mol. The summed E-state index contributed by atoms with van der Waals surface area (Å²) in [5, 5.41) is 72.4. The first-order valence-corrected chi connectivity index (χ1v) is 30.6. The standard InChI is InChI=1S/C59H114O14/c1-3-5-7-9-11-13-15-17-19-21-23-24-25-27-29-31-33-35-37-39-41-43-68-45-48(71-51(61)42-40-38-36-34-32-30-28-26-22-20-18-16-14-12-10-8-6-4-2)46-69-58-57(67)55(65)53(63)50(73-58)47-70-59-56(66)54(64)52(62)49(44-60)72-59/h48-50,52-60,62-67H,3-47H2,1-2H3. The highest BCUT2D eigenvalue weighted by molar-refractivity contribution is 5.69. The lowest BCUT2D eigenvalue weighted by Crippen LogP contribution is -2.61. The largest absolute Gasteiger partial charge is 0.457 e. The van der Waals surface area contributed by atoms with Gasteiger partial charge in [0.15, 0.2) is 12.6 Å². The zero-order chi connectivity index (χ0) is 53.0. The van der Waals surface area contributed by atoms with Crippen molar-refractivity contribution in [2.45, 2.75) is 338 Å². The van der Waals surface area contributed by atoms with Crippen molar-refractivity contribution < 1.29 is 69.0 Å². The Morgan fingerprint density at radius 3 is 1.11 bits per heavy atom. The number of esters is 1. The number of ether oxygens (including phenoxy) is 6. The number of hydrogen-bond donors (Lipinski definition) is 7. The van der Waals surface area contributed by atoms with E-state index in [2.05, 4.69) is 13.8 Å². The molecule has 11 unspecified atom stereocenters. The molecule has 2 saturated heterocycles. The third-order valence-electron chi connectivity index (χ3n) is 15.1. The molecule has 0 aromatic carbocycles. The highest BCUT2D eigenvalue weighted by Crippen LogP contribution is 2.27. The van der Waals surface area contributed by atoms with E-state index in [1.807, 2.05) is 0 Å². The molecular weight excluding hydrogens is 933 g/mol. The maximum absolute atomic E-state index is 13.1. The van der Waals surface area contributed by atoms with Crippen LogP contribution in [0, 0.1) is 0 Å². The second kappa shape index (κ2) is 47.0. The summed E-state index contributed by atoms with van der Waals surface area (Å²) in [5.41, 5.74) is 0. The van der Waals surface area contributed by atoms with E-state index in [0.717, 1.165) is 44.9 Å². The van der Waals surface area contributed by atoms with Gasteiger partial charge in [0, 0.05) is 13.0 Å². The highest BCUT2D eigenvalue weighted by atomic mass is 16.7. The molecule has 2 aliphatic rings. The van der Waals surface area contributed by atoms with Crippen molar-refractivity contribution in [1.29, 1.82) is 0 Å². The molecular formula is C59H114O14. The molecule has 0 saturated carbocycles. The van der Waals surface area contributed by atoms with Crippen molar-refractivity contribution in [3.63, 3.8) is 0 Å². The van der Waals surface area contributed by atoms with Crippen molar-refractivity contribution in [3.05, 3.63) is 0 Å². The van der Waals surface area contributed by atoms with Crippen LogP contribution in [0.25, 0.3) is 0 Å². The van der Waals surface area contributed by atoms with E-state index in [-0.39, 0.29) is 25.6 Å². The van der Waals surface area contributed by atoms with Gasteiger partial charge in [-0.15, -0.1) is 0 Å². The molecule has 0 amide bonds. The number of carbonyl (C=O) groups is 1. The van der Waals surface area contributed by atoms with Crippen LogP contribution in [0.3, 0.4) is 0 Å². The minimum Gasteiger partial charge on any atom is -0.457 e. The lowest BCUT2D eigenvalue weighted by Gasteiger charge is -2.42. The number of aliphatic hydroxyl groups excluding tert-OH is 7. The Kier molecular flexibility index (Phi) is 43.9. The van der Waals surface area contributed by atoms with Crippen molar-refractivity contribution >= 4 is 5.97 Å². The van der Waals surface area contributed by atoms with Crippen LogP contribution in [0.2, 0.25) is 0 Å². The fourth-order valence-corrected chi connectivity index (χ4v) is 10.2. The van der Waals surface area contributed by atoms with Gasteiger partial charge in [-0.2, -0.15) is 0 Å². The van der Waals surface area contributed by atoms with E-state index >= 15 is 0 Å². The van der Waals surface area contributed by atoms with Gasteiger partial charge >= 0.3 is 5.97 Å². The molecule has 0 aromatic heterocycles. The summed E-state index contributed by atoms with van der Waals surface area (Å²) in [6, 6.07) is 0. The van der Waals surface area contributed by atoms with Crippen molar-refractivity contribution in [3.8, 4) is 0 Å². The van der Waals surface area contributed by atoms with Gasteiger partial charge in [-0.25, -0.2) is 0 Å². The summed E-state index contributed by atoms with van der Waals surface area (Å²) < 4.78 is 34.5. The maximum atomic E-state index is 13.1. The summed E-state index contributed by atoms with van der Waals surface area (Å²) in [5.74, 6) is -0.367. The molecule has 14 nitrogen and oxygen atoms in total. The lowest BCUT2D eigenvalue weighted by atomic mass is 9.98. The number of unbranched alkanes of at least 4 members (excludes halogenated alkanes) is 37. The first-order chi connectivity index (χ1) is 35.6. The maximum Gasteiger partial charge on any atom is 0.306 e. The van der Waals surface area contributed by atoms with Gasteiger partial charge in [0.2, 0.25) is 0 Å². The van der Waals surface area contributed by atoms with E-state index in [0.29, 0.717) is 6.61 Å². The Morgan fingerprint density at radius 1 is 0.397 bits per heavy atom. The van der Waals surface area contributed by atoms with Crippen LogP contribution in [0.4, 0.5) is 0 Å². The Labute approximate surface area is 444 Å². The Balaban J connectivity index is 1.68. The van der Waals surface area contributed by atoms with Gasteiger partial charge in [0.25, 0.3) is 0 Å². The number of rotatable bonds is 51. The summed E-state index contributed by atoms with van der Waals surface area (Å²) in [7, 11) is 0. The summed E-state index contributed by atoms with van der Waals surface area (Å²) >= 11 is 0. The third kappa shape index (κ3) is 33.8. The molecule has 7 N–H and O–H groups in total. The van der Waals surface area contributed by atoms with Crippen LogP contribution in [-0.2, 0) is 33.2 Å². The van der Waals surface area contributed by atoms with E-state index < -0.39 is 80.7 Å². The third-order valence-corrected chi connectivity index (χ3v) is 15.1. The van der Waals surface area contributed by atoms with Gasteiger partial charge in [0.05, 0.1) is 26.4 Å². The summed E-state index contributed by atoms with van der Waals surface area (Å²) in [4.78, 5) is 13.1. The molecule has 2 aliphatic heterocycles. The molecule has 11 atom stereocenters. The fourth-order valence-electron chi connectivity index (χ4n) is 10.2. The zero-order valence-corrected chi connectivity index (χ0v) is 46.7. The number of aliphatic hydroxyl groups is 7. The van der Waals surface area contributed by atoms with Gasteiger partial charge < -0.3 is 64.2 Å². The SMILES string of the molecule is CCCCCCCCCCCCCCCCCCCCCCCOCC(COC1OC(COC2OC(CO)C(O)C(O)C2O)C(O)C(O)C1O)OC(=O)CCCCCCCCCCCCCCCCCCCC. The topological polar surface area (TPSA) is 214 Å². The Hall–Kier alpha value is -1.01. The zero-order valence-electron chi connectivity index (χ0n) is 46.7. The normalized spacial score (nSPS) is 24.8. The minimum atomic E-state index is -1.70. The van der Waals surface area contributed by atoms with Crippen LogP contribution in [-0.4, -0.2) is 142 Å². The van der Waals surface area contributed by atoms with Crippen molar-refractivity contribution in [2.75, 3.05) is 33.0 Å². The number of carbonyl (C=O) groups excluding carboxylic acids is 1. The summed E-state index contributed by atoms with van der Waals surface area (Å²) in [6.45, 7) is 3.77. The van der Waals surface area contributed by atoms with Crippen molar-refractivity contribution in [2.24, 2.45) is 0 Å². The molecule has 14 heteroatoms. The number of hydrogen-bond acceptors (Lipinski definition) is 14. The fraction of sp³-hybridized carbons (Fsp3) is 0.983.